The number of amides is 1. The van der Waals surface area contributed by atoms with Gasteiger partial charge in [0, 0.05) is 13.6 Å². The van der Waals surface area contributed by atoms with E-state index in [2.05, 4.69) is 4.72 Å². The van der Waals surface area contributed by atoms with Gasteiger partial charge in [-0.3, -0.25) is 4.79 Å². The summed E-state index contributed by atoms with van der Waals surface area (Å²) in [6.07, 6.45) is 0. The van der Waals surface area contributed by atoms with Crippen LogP contribution in [0.1, 0.15) is 19.4 Å². The van der Waals surface area contributed by atoms with Crippen LogP contribution < -0.4 is 4.72 Å². The molecular weight excluding hydrogens is 392 g/mol. The lowest BCUT2D eigenvalue weighted by Crippen LogP contribution is -2.49. The van der Waals surface area contributed by atoms with Crippen LogP contribution in [-0.2, 0) is 21.4 Å². The largest absolute Gasteiger partial charge is 0.340 e. The van der Waals surface area contributed by atoms with Gasteiger partial charge in [0.25, 0.3) is 0 Å². The smallest absolute Gasteiger partial charge is 0.241 e. The van der Waals surface area contributed by atoms with Crippen LogP contribution in [0.5, 0.6) is 0 Å². The fourth-order valence-corrected chi connectivity index (χ4v) is 5.05. The van der Waals surface area contributed by atoms with Gasteiger partial charge in [-0.15, -0.1) is 0 Å². The molecule has 3 aromatic rings. The molecule has 1 heterocycles. The standard InChI is InChI=1S/C21H24N2O3S2/c1-15(2)20(21(24)23(3)13-16-10-11-27-14-16)22-28(25,26)19-9-8-17-6-4-5-7-18(17)12-19/h4-12,14-15,20,22H,13H2,1-3H3/t20-/m0/s1. The number of hydrogen-bond acceptors (Lipinski definition) is 4. The summed E-state index contributed by atoms with van der Waals surface area (Å²) in [4.78, 5) is 14.7. The van der Waals surface area contributed by atoms with Gasteiger partial charge < -0.3 is 4.90 Å². The zero-order chi connectivity index (χ0) is 20.3. The number of hydrogen-bond donors (Lipinski definition) is 1. The highest BCUT2D eigenvalue weighted by atomic mass is 32.2. The Kier molecular flexibility index (Phi) is 6.17. The fourth-order valence-electron chi connectivity index (χ4n) is 3.01. The highest BCUT2D eigenvalue weighted by molar-refractivity contribution is 7.89. The average Bonchev–Trinajstić information content (AvgIpc) is 3.18. The molecule has 1 aromatic heterocycles. The highest BCUT2D eigenvalue weighted by Gasteiger charge is 2.30. The van der Waals surface area contributed by atoms with E-state index in [1.165, 1.54) is 0 Å². The molecule has 0 bridgehead atoms. The van der Waals surface area contributed by atoms with E-state index in [1.807, 2.05) is 54.9 Å². The molecule has 0 saturated heterocycles. The van der Waals surface area contributed by atoms with Crippen molar-refractivity contribution in [1.82, 2.24) is 9.62 Å². The molecule has 1 N–H and O–H groups in total. The van der Waals surface area contributed by atoms with E-state index in [-0.39, 0.29) is 16.7 Å². The van der Waals surface area contributed by atoms with Gasteiger partial charge in [-0.25, -0.2) is 8.42 Å². The first-order chi connectivity index (χ1) is 13.3. The Hall–Kier alpha value is -2.22. The third-order valence-electron chi connectivity index (χ3n) is 4.62. The van der Waals surface area contributed by atoms with Gasteiger partial charge in [-0.2, -0.15) is 16.1 Å². The summed E-state index contributed by atoms with van der Waals surface area (Å²) in [7, 11) is -2.14. The van der Waals surface area contributed by atoms with Crippen molar-refractivity contribution in [3.63, 3.8) is 0 Å². The van der Waals surface area contributed by atoms with Crippen molar-refractivity contribution in [2.75, 3.05) is 7.05 Å². The van der Waals surface area contributed by atoms with Gasteiger partial charge in [-0.1, -0.05) is 44.2 Å². The third kappa shape index (κ3) is 4.60. The molecule has 0 fully saturated rings. The van der Waals surface area contributed by atoms with E-state index in [0.29, 0.717) is 6.54 Å². The molecule has 5 nitrogen and oxygen atoms in total. The zero-order valence-electron chi connectivity index (χ0n) is 16.1. The Balaban J connectivity index is 1.82. The molecule has 0 aliphatic rings. The van der Waals surface area contributed by atoms with Gasteiger partial charge in [0.2, 0.25) is 15.9 Å². The van der Waals surface area contributed by atoms with Crippen LogP contribution in [-0.4, -0.2) is 32.3 Å². The number of sulfonamides is 1. The second kappa shape index (κ2) is 8.43. The van der Waals surface area contributed by atoms with E-state index in [0.717, 1.165) is 16.3 Å². The lowest BCUT2D eigenvalue weighted by atomic mass is 10.0. The maximum Gasteiger partial charge on any atom is 0.241 e. The minimum Gasteiger partial charge on any atom is -0.340 e. The molecule has 0 radical (unpaired) electrons. The maximum absolute atomic E-state index is 13.0. The third-order valence-corrected chi connectivity index (χ3v) is 6.79. The van der Waals surface area contributed by atoms with Crippen LogP contribution in [0, 0.1) is 5.92 Å². The molecule has 0 saturated carbocycles. The van der Waals surface area contributed by atoms with E-state index in [9.17, 15) is 13.2 Å². The summed E-state index contributed by atoms with van der Waals surface area (Å²) in [5.41, 5.74) is 1.03. The summed E-state index contributed by atoms with van der Waals surface area (Å²) in [6.45, 7) is 4.12. The fraction of sp³-hybridized carbons (Fsp3) is 0.286. The molecule has 1 amide bonds. The van der Waals surface area contributed by atoms with Crippen LogP contribution in [0.2, 0.25) is 0 Å². The van der Waals surface area contributed by atoms with Gasteiger partial charge in [-0.05, 0) is 51.2 Å². The molecule has 3 rings (SSSR count). The van der Waals surface area contributed by atoms with Crippen molar-refractivity contribution in [3.05, 3.63) is 64.9 Å². The van der Waals surface area contributed by atoms with E-state index >= 15 is 0 Å². The molecule has 148 valence electrons. The van der Waals surface area contributed by atoms with Crippen LogP contribution in [0.4, 0.5) is 0 Å². The van der Waals surface area contributed by atoms with Gasteiger partial charge in [0.05, 0.1) is 4.90 Å². The highest BCUT2D eigenvalue weighted by Crippen LogP contribution is 2.20. The van der Waals surface area contributed by atoms with Gasteiger partial charge >= 0.3 is 0 Å². The monoisotopic (exact) mass is 416 g/mol. The van der Waals surface area contributed by atoms with Crippen molar-refractivity contribution in [2.45, 2.75) is 31.3 Å². The molecule has 7 heteroatoms. The summed E-state index contributed by atoms with van der Waals surface area (Å²) >= 11 is 1.57. The predicted octanol–water partition coefficient (Wildman–Crippen LogP) is 3.86. The lowest BCUT2D eigenvalue weighted by molar-refractivity contribution is -0.133. The Labute approximate surface area is 170 Å². The molecule has 0 spiro atoms. The normalized spacial score (nSPS) is 13.0. The quantitative estimate of drug-likeness (QED) is 0.636. The van der Waals surface area contributed by atoms with Crippen LogP contribution in [0.15, 0.2) is 64.2 Å². The minimum atomic E-state index is -3.83. The van der Waals surface area contributed by atoms with E-state index in [1.54, 1.807) is 41.5 Å². The van der Waals surface area contributed by atoms with Crippen molar-refractivity contribution in [1.29, 1.82) is 0 Å². The molecule has 1 atom stereocenters. The first-order valence-electron chi connectivity index (χ1n) is 9.05. The Morgan fingerprint density at radius 2 is 1.82 bits per heavy atom. The van der Waals surface area contributed by atoms with Crippen molar-refractivity contribution in [3.8, 4) is 0 Å². The molecule has 0 aliphatic carbocycles. The topological polar surface area (TPSA) is 66.5 Å². The maximum atomic E-state index is 13.0. The predicted molar refractivity (Wildman–Crippen MR) is 114 cm³/mol. The minimum absolute atomic E-state index is 0.158. The molecule has 0 aliphatic heterocycles. The van der Waals surface area contributed by atoms with Crippen LogP contribution in [0.3, 0.4) is 0 Å². The number of carbonyl (C=O) groups excluding carboxylic acids is 1. The van der Waals surface area contributed by atoms with Gasteiger partial charge in [0.15, 0.2) is 0 Å². The molecule has 2 aromatic carbocycles. The Morgan fingerprint density at radius 1 is 1.11 bits per heavy atom. The first kappa shape index (κ1) is 20.5. The van der Waals surface area contributed by atoms with Crippen LogP contribution in [0.25, 0.3) is 10.8 Å². The molecule has 28 heavy (non-hydrogen) atoms. The summed E-state index contributed by atoms with van der Waals surface area (Å²) in [6, 6.07) is 13.7. The van der Waals surface area contributed by atoms with Crippen molar-refractivity contribution < 1.29 is 13.2 Å². The number of benzene rings is 2. The van der Waals surface area contributed by atoms with Crippen molar-refractivity contribution in [2.24, 2.45) is 5.92 Å². The number of nitrogens with one attached hydrogen (secondary N) is 1. The van der Waals surface area contributed by atoms with Crippen molar-refractivity contribution >= 4 is 38.0 Å². The molecular formula is C21H24N2O3S2. The second-order valence-corrected chi connectivity index (χ2v) is 9.67. The lowest BCUT2D eigenvalue weighted by Gasteiger charge is -2.27. The first-order valence-corrected chi connectivity index (χ1v) is 11.5. The Morgan fingerprint density at radius 3 is 2.46 bits per heavy atom. The number of nitrogens with zero attached hydrogens (tertiary/aromatic N) is 1. The SMILES string of the molecule is CC(C)[C@H](NS(=O)(=O)c1ccc2ccccc2c1)C(=O)N(C)Cc1ccsc1. The van der Waals surface area contributed by atoms with E-state index in [4.69, 9.17) is 0 Å². The number of carbonyl (C=O) groups is 1. The number of thiophene rings is 1. The van der Waals surface area contributed by atoms with Crippen LogP contribution >= 0.6 is 11.3 Å². The second-order valence-electron chi connectivity index (χ2n) is 7.18. The number of likely N-dealkylation sites (N-methyl/N-ethyl adjacent to an activating group) is 1. The average molecular weight is 417 g/mol. The Bertz CT molecular complexity index is 1060. The summed E-state index contributed by atoms with van der Waals surface area (Å²) in [5.74, 6) is -0.432. The van der Waals surface area contributed by atoms with Gasteiger partial charge in [0.1, 0.15) is 6.04 Å². The summed E-state index contributed by atoms with van der Waals surface area (Å²) < 4.78 is 28.5. The van der Waals surface area contributed by atoms with E-state index < -0.39 is 16.1 Å². The number of fused-ring (bicyclic) bond motifs is 1. The number of rotatable bonds is 7. The zero-order valence-corrected chi connectivity index (χ0v) is 17.8. The molecule has 0 unspecified atom stereocenters. The summed E-state index contributed by atoms with van der Waals surface area (Å²) in [5, 5.41) is 5.74.